The standard InChI is InChI=1S/C13H19NS/c1-10-4-6-12(7-5-10)15-13-8-11(2)14(3)9-13/h4-7,11,13H,8-9H2,1-3H3/t11-,13-/m1/s1. The molecule has 1 heterocycles. The summed E-state index contributed by atoms with van der Waals surface area (Å²) in [5.41, 5.74) is 1.34. The Morgan fingerprint density at radius 1 is 1.27 bits per heavy atom. The molecule has 0 aliphatic carbocycles. The number of benzene rings is 1. The summed E-state index contributed by atoms with van der Waals surface area (Å²) in [6, 6.07) is 9.62. The topological polar surface area (TPSA) is 3.24 Å². The van der Waals surface area contributed by atoms with Crippen molar-refractivity contribution in [1.82, 2.24) is 4.90 Å². The summed E-state index contributed by atoms with van der Waals surface area (Å²) in [7, 11) is 2.22. The fraction of sp³-hybridized carbons (Fsp3) is 0.538. The molecule has 15 heavy (non-hydrogen) atoms. The average Bonchev–Trinajstić information content (AvgIpc) is 2.50. The van der Waals surface area contributed by atoms with Gasteiger partial charge < -0.3 is 4.90 Å². The summed E-state index contributed by atoms with van der Waals surface area (Å²) in [4.78, 5) is 3.86. The third-order valence-corrected chi connectivity index (χ3v) is 4.39. The Bertz CT molecular complexity index is 310. The van der Waals surface area contributed by atoms with E-state index in [9.17, 15) is 0 Å². The number of aryl methyl sites for hydroxylation is 1. The van der Waals surface area contributed by atoms with E-state index in [0.717, 1.165) is 11.3 Å². The van der Waals surface area contributed by atoms with Crippen molar-refractivity contribution in [3.63, 3.8) is 0 Å². The van der Waals surface area contributed by atoms with Crippen LogP contribution >= 0.6 is 11.8 Å². The van der Waals surface area contributed by atoms with E-state index >= 15 is 0 Å². The van der Waals surface area contributed by atoms with Crippen LogP contribution in [0.4, 0.5) is 0 Å². The molecule has 1 saturated heterocycles. The molecule has 1 fully saturated rings. The van der Waals surface area contributed by atoms with Crippen molar-refractivity contribution < 1.29 is 0 Å². The van der Waals surface area contributed by atoms with Gasteiger partial charge in [0.25, 0.3) is 0 Å². The quantitative estimate of drug-likeness (QED) is 0.754. The number of rotatable bonds is 2. The fourth-order valence-electron chi connectivity index (χ4n) is 2.03. The van der Waals surface area contributed by atoms with E-state index in [-0.39, 0.29) is 0 Å². The van der Waals surface area contributed by atoms with Crippen LogP contribution in [0.2, 0.25) is 0 Å². The molecule has 1 aliphatic rings. The lowest BCUT2D eigenvalue weighted by molar-refractivity contribution is 0.331. The van der Waals surface area contributed by atoms with Crippen LogP contribution in [0.3, 0.4) is 0 Å². The highest BCUT2D eigenvalue weighted by Gasteiger charge is 2.26. The monoisotopic (exact) mass is 221 g/mol. The van der Waals surface area contributed by atoms with E-state index in [1.807, 2.05) is 11.8 Å². The maximum absolute atomic E-state index is 2.45. The van der Waals surface area contributed by atoms with E-state index in [4.69, 9.17) is 0 Å². The van der Waals surface area contributed by atoms with Gasteiger partial charge in [0.15, 0.2) is 0 Å². The average molecular weight is 221 g/mol. The van der Waals surface area contributed by atoms with Gasteiger partial charge in [-0.15, -0.1) is 11.8 Å². The van der Waals surface area contributed by atoms with E-state index in [1.54, 1.807) is 0 Å². The summed E-state index contributed by atoms with van der Waals surface area (Å²) in [5.74, 6) is 0. The molecule has 0 bridgehead atoms. The maximum Gasteiger partial charge on any atom is 0.0237 e. The van der Waals surface area contributed by atoms with Crippen LogP contribution in [0.1, 0.15) is 18.9 Å². The molecule has 0 unspecified atom stereocenters. The predicted molar refractivity (Wildman–Crippen MR) is 67.5 cm³/mol. The van der Waals surface area contributed by atoms with Crippen LogP contribution in [-0.4, -0.2) is 29.8 Å². The summed E-state index contributed by atoms with van der Waals surface area (Å²) >= 11 is 2.03. The smallest absolute Gasteiger partial charge is 0.0237 e. The van der Waals surface area contributed by atoms with Crippen LogP contribution < -0.4 is 0 Å². The Kier molecular flexibility index (Phi) is 3.37. The third kappa shape index (κ3) is 2.76. The number of hydrogen-bond donors (Lipinski definition) is 0. The molecule has 0 N–H and O–H groups in total. The van der Waals surface area contributed by atoms with Crippen LogP contribution in [0.25, 0.3) is 0 Å². The fourth-order valence-corrected chi connectivity index (χ4v) is 3.39. The zero-order chi connectivity index (χ0) is 10.8. The summed E-state index contributed by atoms with van der Waals surface area (Å²) in [6.07, 6.45) is 1.31. The molecular weight excluding hydrogens is 202 g/mol. The SMILES string of the molecule is Cc1ccc(S[C@@H]2C[C@@H](C)N(C)C2)cc1. The largest absolute Gasteiger partial charge is 0.303 e. The third-order valence-electron chi connectivity index (χ3n) is 3.17. The summed E-state index contributed by atoms with van der Waals surface area (Å²) < 4.78 is 0. The van der Waals surface area contributed by atoms with Gasteiger partial charge in [-0.25, -0.2) is 0 Å². The molecule has 1 aromatic rings. The number of likely N-dealkylation sites (tertiary alicyclic amines) is 1. The Labute approximate surface area is 96.9 Å². The minimum Gasteiger partial charge on any atom is -0.303 e. The van der Waals surface area contributed by atoms with Crippen LogP contribution in [0.15, 0.2) is 29.2 Å². The second kappa shape index (κ2) is 4.58. The molecule has 1 aromatic carbocycles. The predicted octanol–water partition coefficient (Wildman–Crippen LogP) is 3.18. The van der Waals surface area contributed by atoms with Crippen molar-refractivity contribution in [2.24, 2.45) is 0 Å². The van der Waals surface area contributed by atoms with Gasteiger partial charge in [-0.3, -0.25) is 0 Å². The first-order valence-electron chi connectivity index (χ1n) is 5.58. The van der Waals surface area contributed by atoms with Gasteiger partial charge in [0.05, 0.1) is 0 Å². The number of nitrogens with zero attached hydrogens (tertiary/aromatic N) is 1. The molecule has 0 spiro atoms. The lowest BCUT2D eigenvalue weighted by Gasteiger charge is -2.12. The second-order valence-electron chi connectivity index (χ2n) is 4.58. The molecule has 1 nitrogen and oxygen atoms in total. The molecule has 0 radical (unpaired) electrons. The zero-order valence-corrected chi connectivity index (χ0v) is 10.6. The van der Waals surface area contributed by atoms with E-state index < -0.39 is 0 Å². The maximum atomic E-state index is 2.45. The van der Waals surface area contributed by atoms with Crippen LogP contribution in [0, 0.1) is 6.92 Å². The Morgan fingerprint density at radius 3 is 2.47 bits per heavy atom. The molecule has 2 heteroatoms. The second-order valence-corrected chi connectivity index (χ2v) is 5.95. The molecule has 0 amide bonds. The van der Waals surface area contributed by atoms with Gasteiger partial charge in [0.2, 0.25) is 0 Å². The Balaban J connectivity index is 1.95. The van der Waals surface area contributed by atoms with Crippen molar-refractivity contribution >= 4 is 11.8 Å². The highest BCUT2D eigenvalue weighted by molar-refractivity contribution is 8.00. The van der Waals surface area contributed by atoms with Crippen molar-refractivity contribution in [2.75, 3.05) is 13.6 Å². The first kappa shape index (κ1) is 11.0. The number of thioether (sulfide) groups is 1. The Hall–Kier alpha value is -0.470. The highest BCUT2D eigenvalue weighted by Crippen LogP contribution is 2.31. The lowest BCUT2D eigenvalue weighted by atomic mass is 10.2. The summed E-state index contributed by atoms with van der Waals surface area (Å²) in [6.45, 7) is 5.68. The number of hydrogen-bond acceptors (Lipinski definition) is 2. The van der Waals surface area contributed by atoms with Gasteiger partial charge in [-0.1, -0.05) is 17.7 Å². The van der Waals surface area contributed by atoms with Gasteiger partial charge >= 0.3 is 0 Å². The minimum absolute atomic E-state index is 0.743. The molecular formula is C13H19NS. The molecule has 1 aliphatic heterocycles. The van der Waals surface area contributed by atoms with E-state index in [0.29, 0.717) is 0 Å². The van der Waals surface area contributed by atoms with Crippen molar-refractivity contribution in [3.8, 4) is 0 Å². The molecule has 2 rings (SSSR count). The van der Waals surface area contributed by atoms with Crippen LogP contribution in [-0.2, 0) is 0 Å². The van der Waals surface area contributed by atoms with E-state index in [1.165, 1.54) is 23.4 Å². The highest BCUT2D eigenvalue weighted by atomic mass is 32.2. The van der Waals surface area contributed by atoms with Gasteiger partial charge in [0, 0.05) is 22.7 Å². The Morgan fingerprint density at radius 2 is 1.93 bits per heavy atom. The zero-order valence-electron chi connectivity index (χ0n) is 9.73. The normalized spacial score (nSPS) is 27.1. The van der Waals surface area contributed by atoms with Crippen LogP contribution in [0.5, 0.6) is 0 Å². The molecule has 2 atom stereocenters. The molecule has 0 aromatic heterocycles. The van der Waals surface area contributed by atoms with E-state index in [2.05, 4.69) is 50.1 Å². The summed E-state index contributed by atoms with van der Waals surface area (Å²) in [5, 5.41) is 0.771. The first-order valence-corrected chi connectivity index (χ1v) is 6.46. The van der Waals surface area contributed by atoms with Gasteiger partial charge in [-0.2, -0.15) is 0 Å². The van der Waals surface area contributed by atoms with Crippen molar-refractivity contribution in [2.45, 2.75) is 36.5 Å². The molecule has 0 saturated carbocycles. The van der Waals surface area contributed by atoms with Crippen molar-refractivity contribution in [1.29, 1.82) is 0 Å². The molecule has 82 valence electrons. The van der Waals surface area contributed by atoms with Gasteiger partial charge in [0.1, 0.15) is 0 Å². The van der Waals surface area contributed by atoms with Gasteiger partial charge in [-0.05, 0) is 39.4 Å². The minimum atomic E-state index is 0.743. The first-order chi connectivity index (χ1) is 7.15. The van der Waals surface area contributed by atoms with Crippen molar-refractivity contribution in [3.05, 3.63) is 29.8 Å². The lowest BCUT2D eigenvalue weighted by Crippen LogP contribution is -2.21.